The molecule has 1 fully saturated rings. The summed E-state index contributed by atoms with van der Waals surface area (Å²) in [5.41, 5.74) is 1.25. The van der Waals surface area contributed by atoms with E-state index in [9.17, 15) is 0 Å². The molecule has 3 heterocycles. The summed E-state index contributed by atoms with van der Waals surface area (Å²) < 4.78 is 0. The molecule has 1 N–H and O–H groups in total. The highest BCUT2D eigenvalue weighted by Crippen LogP contribution is 2.36. The second-order valence-corrected chi connectivity index (χ2v) is 5.39. The van der Waals surface area contributed by atoms with Crippen LogP contribution in [0.4, 0.5) is 5.82 Å². The average molecular weight is 253 g/mol. The molecular weight excluding hydrogens is 236 g/mol. The van der Waals surface area contributed by atoms with Gasteiger partial charge in [-0.15, -0.1) is 10.2 Å². The third-order valence-corrected chi connectivity index (χ3v) is 3.94. The van der Waals surface area contributed by atoms with E-state index >= 15 is 0 Å². The highest BCUT2D eigenvalue weighted by molar-refractivity contribution is 6.29. The summed E-state index contributed by atoms with van der Waals surface area (Å²) in [6, 6.07) is 2.52. The van der Waals surface area contributed by atoms with E-state index in [4.69, 9.17) is 11.6 Å². The Labute approximate surface area is 106 Å². The van der Waals surface area contributed by atoms with E-state index in [1.807, 2.05) is 6.07 Å². The molecule has 0 bridgehead atoms. The molecule has 4 nitrogen and oxygen atoms in total. The summed E-state index contributed by atoms with van der Waals surface area (Å²) in [7, 11) is 0. The standard InChI is InChI=1S/C12H17ClN4/c1-8-7-17(9-3-2-4-14-6-9)12-10(8)5-11(13)15-16-12/h5,8-9,14H,2-4,6-7H2,1H3/t8?,9-/m1/s1. The molecule has 17 heavy (non-hydrogen) atoms. The summed E-state index contributed by atoms with van der Waals surface area (Å²) in [6.45, 7) is 5.46. The van der Waals surface area contributed by atoms with Gasteiger partial charge in [0.05, 0.1) is 0 Å². The first-order valence-corrected chi connectivity index (χ1v) is 6.64. The van der Waals surface area contributed by atoms with Crippen LogP contribution in [0, 0.1) is 0 Å². The molecule has 3 rings (SSSR count). The van der Waals surface area contributed by atoms with Gasteiger partial charge >= 0.3 is 0 Å². The van der Waals surface area contributed by atoms with Crippen LogP contribution in [0.25, 0.3) is 0 Å². The first kappa shape index (κ1) is 11.2. The van der Waals surface area contributed by atoms with Crippen LogP contribution in [-0.2, 0) is 0 Å². The predicted molar refractivity (Wildman–Crippen MR) is 68.7 cm³/mol. The summed E-state index contributed by atoms with van der Waals surface area (Å²) in [6.07, 6.45) is 2.48. The number of fused-ring (bicyclic) bond motifs is 1. The molecule has 0 amide bonds. The zero-order valence-electron chi connectivity index (χ0n) is 9.99. The SMILES string of the molecule is CC1CN([C@@H]2CCCNC2)c2nnc(Cl)cc21. The number of nitrogens with zero attached hydrogens (tertiary/aromatic N) is 3. The Bertz CT molecular complexity index is 417. The van der Waals surface area contributed by atoms with Gasteiger partial charge in [-0.3, -0.25) is 0 Å². The highest BCUT2D eigenvalue weighted by atomic mass is 35.5. The van der Waals surface area contributed by atoms with Crippen molar-refractivity contribution in [3.05, 3.63) is 16.8 Å². The molecule has 0 aliphatic carbocycles. The number of hydrogen-bond acceptors (Lipinski definition) is 4. The topological polar surface area (TPSA) is 41.0 Å². The van der Waals surface area contributed by atoms with E-state index in [1.54, 1.807) is 0 Å². The van der Waals surface area contributed by atoms with Crippen molar-refractivity contribution < 1.29 is 0 Å². The molecule has 2 aliphatic heterocycles. The van der Waals surface area contributed by atoms with Gasteiger partial charge in [-0.25, -0.2) is 0 Å². The lowest BCUT2D eigenvalue weighted by molar-refractivity contribution is 0.431. The Hall–Kier alpha value is -0.870. The maximum atomic E-state index is 5.92. The number of halogens is 1. The highest BCUT2D eigenvalue weighted by Gasteiger charge is 2.33. The number of rotatable bonds is 1. The first-order valence-electron chi connectivity index (χ1n) is 6.26. The Morgan fingerprint density at radius 3 is 3.12 bits per heavy atom. The molecule has 0 spiro atoms. The lowest BCUT2D eigenvalue weighted by atomic mass is 10.1. The molecule has 2 aliphatic rings. The zero-order chi connectivity index (χ0) is 11.8. The minimum Gasteiger partial charge on any atom is -0.350 e. The minimum atomic E-state index is 0.499. The second kappa shape index (κ2) is 4.42. The Kier molecular flexibility index (Phi) is 2.92. The van der Waals surface area contributed by atoms with Gasteiger partial charge < -0.3 is 10.2 Å². The smallest absolute Gasteiger partial charge is 0.155 e. The normalized spacial score (nSPS) is 28.2. The van der Waals surface area contributed by atoms with Crippen molar-refractivity contribution in [2.75, 3.05) is 24.5 Å². The molecule has 1 aromatic rings. The van der Waals surface area contributed by atoms with Crippen molar-refractivity contribution in [3.8, 4) is 0 Å². The van der Waals surface area contributed by atoms with Gasteiger partial charge in [-0.2, -0.15) is 0 Å². The molecular formula is C12H17ClN4. The van der Waals surface area contributed by atoms with Crippen LogP contribution in [0.15, 0.2) is 6.07 Å². The van der Waals surface area contributed by atoms with Gasteiger partial charge in [-0.05, 0) is 25.5 Å². The van der Waals surface area contributed by atoms with Crippen LogP contribution >= 0.6 is 11.6 Å². The van der Waals surface area contributed by atoms with Crippen LogP contribution in [0.3, 0.4) is 0 Å². The molecule has 0 radical (unpaired) electrons. The van der Waals surface area contributed by atoms with Crippen LogP contribution in [0.5, 0.6) is 0 Å². The third-order valence-electron chi connectivity index (χ3n) is 3.76. The predicted octanol–water partition coefficient (Wildman–Crippen LogP) is 1.81. The van der Waals surface area contributed by atoms with E-state index in [0.29, 0.717) is 17.1 Å². The third kappa shape index (κ3) is 2.00. The monoisotopic (exact) mass is 252 g/mol. The van der Waals surface area contributed by atoms with E-state index in [-0.39, 0.29) is 0 Å². The summed E-state index contributed by atoms with van der Waals surface area (Å²) in [5, 5.41) is 12.2. The Balaban J connectivity index is 1.89. The van der Waals surface area contributed by atoms with Gasteiger partial charge in [0.1, 0.15) is 0 Å². The molecule has 0 saturated carbocycles. The number of piperidine rings is 1. The largest absolute Gasteiger partial charge is 0.350 e. The van der Waals surface area contributed by atoms with Gasteiger partial charge in [0.15, 0.2) is 11.0 Å². The van der Waals surface area contributed by atoms with Gasteiger partial charge in [0.2, 0.25) is 0 Å². The molecule has 5 heteroatoms. The van der Waals surface area contributed by atoms with Crippen LogP contribution in [0.2, 0.25) is 5.15 Å². The van der Waals surface area contributed by atoms with Gasteiger partial charge in [-0.1, -0.05) is 18.5 Å². The number of anilines is 1. The van der Waals surface area contributed by atoms with E-state index in [0.717, 1.165) is 25.5 Å². The molecule has 1 unspecified atom stereocenters. The fourth-order valence-corrected chi connectivity index (χ4v) is 3.02. The Morgan fingerprint density at radius 2 is 2.35 bits per heavy atom. The number of aromatic nitrogens is 2. The summed E-state index contributed by atoms with van der Waals surface area (Å²) in [5.74, 6) is 1.54. The van der Waals surface area contributed by atoms with Crippen molar-refractivity contribution in [1.82, 2.24) is 15.5 Å². The quantitative estimate of drug-likeness (QED) is 0.828. The van der Waals surface area contributed by atoms with Gasteiger partial charge in [0, 0.05) is 30.6 Å². The first-order chi connectivity index (χ1) is 8.25. The van der Waals surface area contributed by atoms with E-state index in [1.165, 1.54) is 18.4 Å². The molecule has 92 valence electrons. The molecule has 2 atom stereocenters. The molecule has 1 aromatic heterocycles. The second-order valence-electron chi connectivity index (χ2n) is 5.00. The molecule has 0 aromatic carbocycles. The van der Waals surface area contributed by atoms with Crippen molar-refractivity contribution in [2.45, 2.75) is 31.7 Å². The molecule has 1 saturated heterocycles. The van der Waals surface area contributed by atoms with Crippen LogP contribution < -0.4 is 10.2 Å². The van der Waals surface area contributed by atoms with Gasteiger partial charge in [0.25, 0.3) is 0 Å². The minimum absolute atomic E-state index is 0.499. The van der Waals surface area contributed by atoms with Crippen molar-refractivity contribution in [1.29, 1.82) is 0 Å². The summed E-state index contributed by atoms with van der Waals surface area (Å²) in [4.78, 5) is 2.40. The van der Waals surface area contributed by atoms with E-state index < -0.39 is 0 Å². The van der Waals surface area contributed by atoms with Crippen LogP contribution in [-0.4, -0.2) is 35.9 Å². The Morgan fingerprint density at radius 1 is 1.47 bits per heavy atom. The van der Waals surface area contributed by atoms with Crippen molar-refractivity contribution in [2.24, 2.45) is 0 Å². The van der Waals surface area contributed by atoms with Crippen molar-refractivity contribution in [3.63, 3.8) is 0 Å². The fraction of sp³-hybridized carbons (Fsp3) is 0.667. The lowest BCUT2D eigenvalue weighted by Crippen LogP contribution is -2.45. The van der Waals surface area contributed by atoms with E-state index in [2.05, 4.69) is 27.3 Å². The zero-order valence-corrected chi connectivity index (χ0v) is 10.7. The number of nitrogens with one attached hydrogen (secondary N) is 1. The average Bonchev–Trinajstić information content (AvgIpc) is 2.68. The fourth-order valence-electron chi connectivity index (χ4n) is 2.86. The maximum absolute atomic E-state index is 5.92. The van der Waals surface area contributed by atoms with Crippen LogP contribution in [0.1, 0.15) is 31.2 Å². The summed E-state index contributed by atoms with van der Waals surface area (Å²) >= 11 is 5.92. The maximum Gasteiger partial charge on any atom is 0.155 e. The van der Waals surface area contributed by atoms with Crippen molar-refractivity contribution >= 4 is 17.4 Å². The number of hydrogen-bond donors (Lipinski definition) is 1. The lowest BCUT2D eigenvalue weighted by Gasteiger charge is -2.32.